The van der Waals surface area contributed by atoms with Crippen LogP contribution in [-0.4, -0.2) is 22.6 Å². The van der Waals surface area contributed by atoms with Crippen molar-refractivity contribution in [2.75, 3.05) is 18.0 Å². The smallest absolute Gasteiger partial charge is 0.153 e. The molecule has 5 rings (SSSR count). The first-order chi connectivity index (χ1) is 15.5. The van der Waals surface area contributed by atoms with Crippen molar-refractivity contribution in [1.82, 2.24) is 9.55 Å². The average Bonchev–Trinajstić information content (AvgIpc) is 3.07. The third-order valence-electron chi connectivity index (χ3n) is 7.35. The van der Waals surface area contributed by atoms with Crippen LogP contribution in [0.5, 0.6) is 0 Å². The van der Waals surface area contributed by atoms with Gasteiger partial charge in [-0.1, -0.05) is 54.1 Å². The molecule has 32 heavy (non-hydrogen) atoms. The molecule has 2 aromatic carbocycles. The van der Waals surface area contributed by atoms with E-state index in [1.54, 1.807) is 0 Å². The van der Waals surface area contributed by atoms with Gasteiger partial charge < -0.3 is 9.47 Å². The van der Waals surface area contributed by atoms with Gasteiger partial charge in [-0.3, -0.25) is 0 Å². The summed E-state index contributed by atoms with van der Waals surface area (Å²) in [6.45, 7) is 11.9. The van der Waals surface area contributed by atoms with E-state index in [1.165, 1.54) is 57.3 Å². The van der Waals surface area contributed by atoms with Crippen molar-refractivity contribution >= 4 is 16.7 Å². The van der Waals surface area contributed by atoms with E-state index in [-0.39, 0.29) is 0 Å². The number of nitrogens with zero attached hydrogens (tertiary/aromatic N) is 3. The number of pyridine rings is 1. The molecule has 3 heterocycles. The molecule has 3 nitrogen and oxygen atoms in total. The molecule has 0 bridgehead atoms. The number of fused-ring (bicyclic) bond motifs is 1. The van der Waals surface area contributed by atoms with Gasteiger partial charge in [-0.15, -0.1) is 0 Å². The number of hydrogen-bond donors (Lipinski definition) is 0. The standard InChI is InChI=1S/C29H33N3/c1-20-12-13-21(2)26(17-20)19-32-23(4)22(3)27-14-15-30-29(28(27)32)31-16-8-11-25(18-31)24-9-6-5-7-10-24/h5-7,9-10,12-15,17,25H,8,11,16,18-19H2,1-4H3. The number of piperidine rings is 1. The summed E-state index contributed by atoms with van der Waals surface area (Å²) >= 11 is 0. The van der Waals surface area contributed by atoms with Gasteiger partial charge in [0.25, 0.3) is 0 Å². The Balaban J connectivity index is 1.58. The maximum Gasteiger partial charge on any atom is 0.153 e. The van der Waals surface area contributed by atoms with Gasteiger partial charge >= 0.3 is 0 Å². The van der Waals surface area contributed by atoms with Crippen LogP contribution in [0, 0.1) is 27.7 Å². The highest BCUT2D eigenvalue weighted by molar-refractivity contribution is 5.93. The molecule has 3 heteroatoms. The van der Waals surface area contributed by atoms with Crippen molar-refractivity contribution in [3.05, 3.63) is 94.3 Å². The zero-order valence-corrected chi connectivity index (χ0v) is 19.7. The first-order valence-corrected chi connectivity index (χ1v) is 11.8. The molecular formula is C29H33N3. The van der Waals surface area contributed by atoms with Crippen molar-refractivity contribution in [3.63, 3.8) is 0 Å². The van der Waals surface area contributed by atoms with E-state index in [2.05, 4.69) is 91.8 Å². The summed E-state index contributed by atoms with van der Waals surface area (Å²) in [6, 6.07) is 20.0. The number of anilines is 1. The molecule has 1 saturated heterocycles. The summed E-state index contributed by atoms with van der Waals surface area (Å²) in [4.78, 5) is 7.49. The molecule has 0 amide bonds. The fourth-order valence-electron chi connectivity index (χ4n) is 5.31. The Morgan fingerprint density at radius 2 is 1.78 bits per heavy atom. The highest BCUT2D eigenvalue weighted by Crippen LogP contribution is 2.36. The van der Waals surface area contributed by atoms with Gasteiger partial charge in [0.05, 0.1) is 5.52 Å². The van der Waals surface area contributed by atoms with Gasteiger partial charge in [0.15, 0.2) is 5.82 Å². The predicted molar refractivity (Wildman–Crippen MR) is 135 cm³/mol. The average molecular weight is 424 g/mol. The lowest BCUT2D eigenvalue weighted by atomic mass is 9.90. The van der Waals surface area contributed by atoms with E-state index in [4.69, 9.17) is 4.98 Å². The maximum atomic E-state index is 4.96. The van der Waals surface area contributed by atoms with Crippen molar-refractivity contribution in [3.8, 4) is 0 Å². The molecule has 0 spiro atoms. The van der Waals surface area contributed by atoms with Crippen LogP contribution >= 0.6 is 0 Å². The summed E-state index contributed by atoms with van der Waals surface area (Å²) in [5.74, 6) is 1.70. The van der Waals surface area contributed by atoms with E-state index in [0.717, 1.165) is 25.5 Å². The van der Waals surface area contributed by atoms with Gasteiger partial charge in [-0.25, -0.2) is 4.98 Å². The lowest BCUT2D eigenvalue weighted by Crippen LogP contribution is -2.35. The van der Waals surface area contributed by atoms with Gasteiger partial charge in [-0.2, -0.15) is 0 Å². The lowest BCUT2D eigenvalue weighted by molar-refractivity contribution is 0.507. The van der Waals surface area contributed by atoms with Crippen molar-refractivity contribution in [2.24, 2.45) is 0 Å². The largest absolute Gasteiger partial charge is 0.354 e. The van der Waals surface area contributed by atoms with Gasteiger partial charge in [0, 0.05) is 42.8 Å². The third kappa shape index (κ3) is 3.70. The molecule has 164 valence electrons. The molecule has 2 aromatic heterocycles. The molecule has 1 atom stereocenters. The van der Waals surface area contributed by atoms with Crippen LogP contribution in [0.2, 0.25) is 0 Å². The second-order valence-corrected chi connectivity index (χ2v) is 9.45. The van der Waals surface area contributed by atoms with E-state index >= 15 is 0 Å². The molecule has 0 saturated carbocycles. The Morgan fingerprint density at radius 3 is 2.59 bits per heavy atom. The van der Waals surface area contributed by atoms with Crippen LogP contribution in [0.25, 0.3) is 10.9 Å². The molecule has 1 aliphatic rings. The first kappa shape index (κ1) is 20.8. The third-order valence-corrected chi connectivity index (χ3v) is 7.35. The first-order valence-electron chi connectivity index (χ1n) is 11.8. The number of benzene rings is 2. The number of aryl methyl sites for hydroxylation is 3. The summed E-state index contributed by atoms with van der Waals surface area (Å²) in [6.07, 6.45) is 4.45. The summed E-state index contributed by atoms with van der Waals surface area (Å²) < 4.78 is 2.50. The molecule has 0 aliphatic carbocycles. The topological polar surface area (TPSA) is 21.1 Å². The van der Waals surface area contributed by atoms with Crippen LogP contribution in [-0.2, 0) is 6.54 Å². The summed E-state index contributed by atoms with van der Waals surface area (Å²) in [5.41, 5.74) is 9.50. The minimum atomic E-state index is 0.562. The minimum absolute atomic E-state index is 0.562. The molecule has 0 N–H and O–H groups in total. The minimum Gasteiger partial charge on any atom is -0.354 e. The molecular weight excluding hydrogens is 390 g/mol. The quantitative estimate of drug-likeness (QED) is 0.364. The Labute approximate surface area is 191 Å². The van der Waals surface area contributed by atoms with Crippen LogP contribution < -0.4 is 4.90 Å². The number of hydrogen-bond acceptors (Lipinski definition) is 2. The Kier molecular flexibility index (Phi) is 5.50. The van der Waals surface area contributed by atoms with E-state index in [9.17, 15) is 0 Å². The van der Waals surface area contributed by atoms with Crippen LogP contribution in [0.3, 0.4) is 0 Å². The highest BCUT2D eigenvalue weighted by Gasteiger charge is 2.25. The normalized spacial score (nSPS) is 16.6. The van der Waals surface area contributed by atoms with Gasteiger partial charge in [0.1, 0.15) is 0 Å². The predicted octanol–water partition coefficient (Wildman–Crippen LogP) is 6.70. The fourth-order valence-corrected chi connectivity index (χ4v) is 5.31. The molecule has 1 unspecified atom stereocenters. The summed E-state index contributed by atoms with van der Waals surface area (Å²) in [5, 5.41) is 1.33. The van der Waals surface area contributed by atoms with Crippen LogP contribution in [0.1, 0.15) is 52.3 Å². The zero-order valence-electron chi connectivity index (χ0n) is 19.7. The van der Waals surface area contributed by atoms with Crippen LogP contribution in [0.15, 0.2) is 60.8 Å². The number of rotatable bonds is 4. The zero-order chi connectivity index (χ0) is 22.2. The SMILES string of the molecule is Cc1ccc(C)c(Cn2c(C)c(C)c3ccnc(N4CCCC(c5ccccc5)C4)c32)c1. The van der Waals surface area contributed by atoms with E-state index in [1.807, 2.05) is 6.20 Å². The number of aromatic nitrogens is 2. The van der Waals surface area contributed by atoms with Crippen molar-refractivity contribution in [2.45, 2.75) is 53.0 Å². The maximum absolute atomic E-state index is 4.96. The van der Waals surface area contributed by atoms with Gasteiger partial charge in [-0.05, 0) is 68.9 Å². The Morgan fingerprint density at radius 1 is 0.969 bits per heavy atom. The molecule has 1 aliphatic heterocycles. The van der Waals surface area contributed by atoms with E-state index < -0.39 is 0 Å². The van der Waals surface area contributed by atoms with Gasteiger partial charge in [0.2, 0.25) is 0 Å². The molecule has 4 aromatic rings. The van der Waals surface area contributed by atoms with E-state index in [0.29, 0.717) is 5.92 Å². The molecule has 1 fully saturated rings. The highest BCUT2D eigenvalue weighted by atomic mass is 15.2. The monoisotopic (exact) mass is 423 g/mol. The van der Waals surface area contributed by atoms with Crippen molar-refractivity contribution < 1.29 is 0 Å². The van der Waals surface area contributed by atoms with Crippen molar-refractivity contribution in [1.29, 1.82) is 0 Å². The summed E-state index contributed by atoms with van der Waals surface area (Å²) in [7, 11) is 0. The molecule has 0 radical (unpaired) electrons. The lowest BCUT2D eigenvalue weighted by Gasteiger charge is -2.34. The van der Waals surface area contributed by atoms with Crippen LogP contribution in [0.4, 0.5) is 5.82 Å². The second-order valence-electron chi connectivity index (χ2n) is 9.45. The Bertz CT molecular complexity index is 1250. The second kappa shape index (κ2) is 8.46. The fraction of sp³-hybridized carbons (Fsp3) is 0.345. The Hall–Kier alpha value is -3.07.